The maximum absolute atomic E-state index is 8.96. The van der Waals surface area contributed by atoms with Crippen molar-refractivity contribution in [2.45, 2.75) is 19.4 Å². The van der Waals surface area contributed by atoms with Gasteiger partial charge >= 0.3 is 0 Å². The summed E-state index contributed by atoms with van der Waals surface area (Å²) in [6.07, 6.45) is 0.754. The third-order valence-corrected chi connectivity index (χ3v) is 3.00. The lowest BCUT2D eigenvalue weighted by Crippen LogP contribution is -2.41. The van der Waals surface area contributed by atoms with Gasteiger partial charge in [0.05, 0.1) is 11.7 Å². The summed E-state index contributed by atoms with van der Waals surface area (Å²) in [5.41, 5.74) is 2.29. The summed E-state index contributed by atoms with van der Waals surface area (Å²) >= 11 is 0. The van der Waals surface area contributed by atoms with Crippen LogP contribution in [0.1, 0.15) is 12.0 Å². The van der Waals surface area contributed by atoms with E-state index >= 15 is 0 Å². The van der Waals surface area contributed by atoms with E-state index < -0.39 is 0 Å². The van der Waals surface area contributed by atoms with Gasteiger partial charge in [-0.2, -0.15) is 0 Å². The van der Waals surface area contributed by atoms with E-state index in [1.807, 2.05) is 6.07 Å². The van der Waals surface area contributed by atoms with Crippen LogP contribution in [0, 0.1) is 6.92 Å². The topological polar surface area (TPSA) is 32.7 Å². The molecule has 3 nitrogen and oxygen atoms in total. The first-order chi connectivity index (χ1) is 7.24. The predicted molar refractivity (Wildman–Crippen MR) is 60.6 cm³/mol. The molecule has 1 aromatic rings. The molecule has 1 atom stereocenters. The molecule has 82 valence electrons. The average molecular weight is 207 g/mol. The van der Waals surface area contributed by atoms with E-state index in [9.17, 15) is 0 Å². The van der Waals surface area contributed by atoms with Gasteiger partial charge in [-0.05, 0) is 25.0 Å². The summed E-state index contributed by atoms with van der Waals surface area (Å²) in [6, 6.07) is 6.43. The smallest absolute Gasteiger partial charge is 0.145 e. The Balaban J connectivity index is 2.30. The molecule has 0 aromatic heterocycles. The van der Waals surface area contributed by atoms with Crippen LogP contribution in [0.25, 0.3) is 0 Å². The molecular weight excluding hydrogens is 190 g/mol. The van der Waals surface area contributed by atoms with Crippen LogP contribution in [0.15, 0.2) is 18.2 Å². The Morgan fingerprint density at radius 3 is 3.07 bits per heavy atom. The molecule has 1 unspecified atom stereocenters. The minimum absolute atomic E-state index is 0.208. The zero-order chi connectivity index (χ0) is 10.8. The molecule has 0 bridgehead atoms. The molecule has 0 spiro atoms. The van der Waals surface area contributed by atoms with Crippen molar-refractivity contribution >= 4 is 5.69 Å². The van der Waals surface area contributed by atoms with Crippen LogP contribution in [0.5, 0.6) is 5.75 Å². The molecule has 0 radical (unpaired) electrons. The summed E-state index contributed by atoms with van der Waals surface area (Å²) < 4.78 is 5.74. The molecule has 0 fully saturated rings. The summed E-state index contributed by atoms with van der Waals surface area (Å²) in [5, 5.41) is 8.96. The number of nitrogens with zero attached hydrogens (tertiary/aromatic N) is 1. The van der Waals surface area contributed by atoms with Gasteiger partial charge in [0.2, 0.25) is 0 Å². The van der Waals surface area contributed by atoms with Crippen molar-refractivity contribution in [3.63, 3.8) is 0 Å². The first-order valence-corrected chi connectivity index (χ1v) is 5.30. The van der Waals surface area contributed by atoms with Crippen molar-refractivity contribution in [2.24, 2.45) is 0 Å². The molecule has 1 N–H and O–H groups in total. The molecule has 2 rings (SSSR count). The van der Waals surface area contributed by atoms with Crippen LogP contribution in [-0.4, -0.2) is 31.4 Å². The number of hydrogen-bond acceptors (Lipinski definition) is 3. The Labute approximate surface area is 90.3 Å². The number of ether oxygens (including phenoxy) is 1. The molecule has 0 aliphatic carbocycles. The first kappa shape index (κ1) is 10.3. The monoisotopic (exact) mass is 207 g/mol. The number of rotatable bonds is 2. The number of para-hydroxylation sites is 1. The molecule has 1 aliphatic rings. The summed E-state index contributed by atoms with van der Waals surface area (Å²) in [6.45, 7) is 2.92. The van der Waals surface area contributed by atoms with Gasteiger partial charge in [0.1, 0.15) is 12.4 Å². The van der Waals surface area contributed by atoms with Crippen molar-refractivity contribution in [3.05, 3.63) is 23.8 Å². The van der Waals surface area contributed by atoms with Gasteiger partial charge in [-0.3, -0.25) is 0 Å². The van der Waals surface area contributed by atoms with Crippen molar-refractivity contribution in [1.82, 2.24) is 0 Å². The minimum atomic E-state index is 0.208. The first-order valence-electron chi connectivity index (χ1n) is 5.30. The molecule has 3 heteroatoms. The van der Waals surface area contributed by atoms with Crippen LogP contribution >= 0.6 is 0 Å². The Kier molecular flexibility index (Phi) is 2.82. The fourth-order valence-corrected chi connectivity index (χ4v) is 2.02. The second kappa shape index (κ2) is 4.11. The van der Waals surface area contributed by atoms with E-state index in [1.165, 1.54) is 5.56 Å². The molecule has 0 amide bonds. The molecular formula is C12H17NO2. The second-order valence-electron chi connectivity index (χ2n) is 4.01. The van der Waals surface area contributed by atoms with Crippen LogP contribution in [0.2, 0.25) is 0 Å². The Morgan fingerprint density at radius 1 is 1.53 bits per heavy atom. The van der Waals surface area contributed by atoms with E-state index in [2.05, 4.69) is 31.0 Å². The van der Waals surface area contributed by atoms with Crippen LogP contribution in [0.3, 0.4) is 0 Å². The standard InChI is InChI=1S/C12H17NO2/c1-9-4-3-5-11-12(9)15-8-10(6-7-14)13(11)2/h3-5,10,14H,6-8H2,1-2H3. The summed E-state index contributed by atoms with van der Waals surface area (Å²) in [5.74, 6) is 0.981. The molecule has 0 saturated heterocycles. The number of benzene rings is 1. The zero-order valence-corrected chi connectivity index (χ0v) is 9.23. The maximum Gasteiger partial charge on any atom is 0.145 e. The molecule has 15 heavy (non-hydrogen) atoms. The number of hydrogen-bond donors (Lipinski definition) is 1. The number of fused-ring (bicyclic) bond motifs is 1. The summed E-state index contributed by atoms with van der Waals surface area (Å²) in [7, 11) is 2.06. The molecule has 0 saturated carbocycles. The van der Waals surface area contributed by atoms with Gasteiger partial charge in [-0.1, -0.05) is 12.1 Å². The Morgan fingerprint density at radius 2 is 2.33 bits per heavy atom. The number of anilines is 1. The van der Waals surface area contributed by atoms with Gasteiger partial charge in [0.15, 0.2) is 0 Å². The fourth-order valence-electron chi connectivity index (χ4n) is 2.02. The van der Waals surface area contributed by atoms with Crippen LogP contribution in [-0.2, 0) is 0 Å². The van der Waals surface area contributed by atoms with E-state index in [0.717, 1.165) is 17.9 Å². The fraction of sp³-hybridized carbons (Fsp3) is 0.500. The average Bonchev–Trinajstić information content (AvgIpc) is 2.23. The third kappa shape index (κ3) is 1.79. The number of aliphatic hydroxyl groups excluding tert-OH is 1. The van der Waals surface area contributed by atoms with Gasteiger partial charge in [-0.25, -0.2) is 0 Å². The van der Waals surface area contributed by atoms with E-state index in [0.29, 0.717) is 6.61 Å². The highest BCUT2D eigenvalue weighted by molar-refractivity contribution is 5.63. The normalized spacial score (nSPS) is 19.7. The lowest BCUT2D eigenvalue weighted by molar-refractivity contribution is 0.218. The highest BCUT2D eigenvalue weighted by atomic mass is 16.5. The van der Waals surface area contributed by atoms with Crippen molar-refractivity contribution in [2.75, 3.05) is 25.2 Å². The van der Waals surface area contributed by atoms with E-state index in [1.54, 1.807) is 0 Å². The Bertz CT molecular complexity index is 351. The quantitative estimate of drug-likeness (QED) is 0.799. The van der Waals surface area contributed by atoms with Gasteiger partial charge in [-0.15, -0.1) is 0 Å². The van der Waals surface area contributed by atoms with Crippen molar-refractivity contribution < 1.29 is 9.84 Å². The highest BCUT2D eigenvalue weighted by Crippen LogP contribution is 2.35. The minimum Gasteiger partial charge on any atom is -0.489 e. The largest absolute Gasteiger partial charge is 0.489 e. The van der Waals surface area contributed by atoms with Gasteiger partial charge < -0.3 is 14.7 Å². The van der Waals surface area contributed by atoms with Gasteiger partial charge in [0.25, 0.3) is 0 Å². The lowest BCUT2D eigenvalue weighted by Gasteiger charge is -2.36. The molecule has 1 aromatic carbocycles. The third-order valence-electron chi connectivity index (χ3n) is 3.00. The Hall–Kier alpha value is -1.22. The number of likely N-dealkylation sites (N-methyl/N-ethyl adjacent to an activating group) is 1. The number of aliphatic hydroxyl groups is 1. The highest BCUT2D eigenvalue weighted by Gasteiger charge is 2.24. The maximum atomic E-state index is 8.96. The van der Waals surface area contributed by atoms with E-state index in [4.69, 9.17) is 9.84 Å². The van der Waals surface area contributed by atoms with Crippen LogP contribution < -0.4 is 9.64 Å². The van der Waals surface area contributed by atoms with Crippen LogP contribution in [0.4, 0.5) is 5.69 Å². The predicted octanol–water partition coefficient (Wildman–Crippen LogP) is 1.57. The van der Waals surface area contributed by atoms with Crippen molar-refractivity contribution in [3.8, 4) is 5.75 Å². The van der Waals surface area contributed by atoms with E-state index in [-0.39, 0.29) is 12.6 Å². The zero-order valence-electron chi connectivity index (χ0n) is 9.23. The molecule has 1 aliphatic heterocycles. The van der Waals surface area contributed by atoms with Crippen molar-refractivity contribution in [1.29, 1.82) is 0 Å². The lowest BCUT2D eigenvalue weighted by atomic mass is 10.1. The number of aryl methyl sites for hydroxylation is 1. The SMILES string of the molecule is Cc1cccc2c1OCC(CCO)N2C. The summed E-state index contributed by atoms with van der Waals surface area (Å²) in [4.78, 5) is 2.20. The molecule has 1 heterocycles. The van der Waals surface area contributed by atoms with Gasteiger partial charge in [0, 0.05) is 13.7 Å². The second-order valence-corrected chi connectivity index (χ2v) is 4.01.